The van der Waals surface area contributed by atoms with Crippen molar-refractivity contribution in [2.24, 2.45) is 0 Å². The van der Waals surface area contributed by atoms with Gasteiger partial charge in [0.1, 0.15) is 5.03 Å². The SMILES string of the molecule is Clc1nc(Sc2ccc(Br)cc2)c2ccccc2n1. The number of fused-ring (bicyclic) bond motifs is 1. The van der Waals surface area contributed by atoms with Crippen molar-refractivity contribution in [1.29, 1.82) is 0 Å². The van der Waals surface area contributed by atoms with Gasteiger partial charge in [-0.25, -0.2) is 9.97 Å². The quantitative estimate of drug-likeness (QED) is 0.469. The van der Waals surface area contributed by atoms with Gasteiger partial charge in [0, 0.05) is 14.8 Å². The molecule has 0 aliphatic heterocycles. The minimum absolute atomic E-state index is 0.276. The number of nitrogens with zero attached hydrogens (tertiary/aromatic N) is 2. The van der Waals surface area contributed by atoms with Gasteiger partial charge < -0.3 is 0 Å². The van der Waals surface area contributed by atoms with Crippen molar-refractivity contribution in [2.45, 2.75) is 9.92 Å². The first kappa shape index (κ1) is 12.9. The molecule has 2 nitrogen and oxygen atoms in total. The number of para-hydroxylation sites is 1. The van der Waals surface area contributed by atoms with Crippen molar-refractivity contribution in [3.8, 4) is 0 Å². The minimum atomic E-state index is 0.276. The van der Waals surface area contributed by atoms with Crippen LogP contribution in [-0.4, -0.2) is 9.97 Å². The van der Waals surface area contributed by atoms with Crippen molar-refractivity contribution in [3.63, 3.8) is 0 Å². The Morgan fingerprint density at radius 1 is 0.947 bits per heavy atom. The molecular weight excluding hydrogens is 344 g/mol. The van der Waals surface area contributed by atoms with Crippen molar-refractivity contribution < 1.29 is 0 Å². The van der Waals surface area contributed by atoms with Gasteiger partial charge in [0.25, 0.3) is 0 Å². The van der Waals surface area contributed by atoms with Crippen LogP contribution >= 0.6 is 39.3 Å². The molecule has 0 spiro atoms. The maximum atomic E-state index is 5.97. The number of benzene rings is 2. The van der Waals surface area contributed by atoms with E-state index in [1.165, 1.54) is 0 Å². The van der Waals surface area contributed by atoms with E-state index in [9.17, 15) is 0 Å². The number of hydrogen-bond acceptors (Lipinski definition) is 3. The summed E-state index contributed by atoms with van der Waals surface area (Å²) in [4.78, 5) is 9.66. The highest BCUT2D eigenvalue weighted by Crippen LogP contribution is 2.32. The maximum absolute atomic E-state index is 5.97. The molecule has 0 saturated heterocycles. The standard InChI is InChI=1S/C14H8BrClN2S/c15-9-5-7-10(8-6-9)19-13-11-3-1-2-4-12(11)17-14(16)18-13/h1-8H. The molecule has 2 aromatic carbocycles. The van der Waals surface area contributed by atoms with Crippen LogP contribution in [0.1, 0.15) is 0 Å². The van der Waals surface area contributed by atoms with Crippen LogP contribution in [0.25, 0.3) is 10.9 Å². The third-order valence-electron chi connectivity index (χ3n) is 2.57. The largest absolute Gasteiger partial charge is 0.224 e. The summed E-state index contributed by atoms with van der Waals surface area (Å²) in [6.45, 7) is 0. The van der Waals surface area contributed by atoms with E-state index in [1.54, 1.807) is 11.8 Å². The molecule has 0 fully saturated rings. The molecule has 5 heteroatoms. The van der Waals surface area contributed by atoms with Crippen LogP contribution in [-0.2, 0) is 0 Å². The van der Waals surface area contributed by atoms with Gasteiger partial charge in [-0.1, -0.05) is 45.9 Å². The summed E-state index contributed by atoms with van der Waals surface area (Å²) in [6, 6.07) is 16.0. The zero-order valence-electron chi connectivity index (χ0n) is 9.68. The van der Waals surface area contributed by atoms with E-state index in [4.69, 9.17) is 11.6 Å². The van der Waals surface area contributed by atoms with E-state index in [0.29, 0.717) is 0 Å². The average molecular weight is 352 g/mol. The first-order chi connectivity index (χ1) is 9.22. The molecule has 3 rings (SSSR count). The summed E-state index contributed by atoms with van der Waals surface area (Å²) < 4.78 is 1.06. The van der Waals surface area contributed by atoms with Gasteiger partial charge in [-0.3, -0.25) is 0 Å². The van der Waals surface area contributed by atoms with Crippen LogP contribution in [0.5, 0.6) is 0 Å². The van der Waals surface area contributed by atoms with E-state index in [0.717, 1.165) is 25.3 Å². The van der Waals surface area contributed by atoms with E-state index in [2.05, 4.69) is 25.9 Å². The zero-order chi connectivity index (χ0) is 13.2. The Balaban J connectivity index is 2.07. The summed E-state index contributed by atoms with van der Waals surface area (Å²) in [7, 11) is 0. The Kier molecular flexibility index (Phi) is 3.73. The normalized spacial score (nSPS) is 10.8. The molecule has 1 aromatic heterocycles. The van der Waals surface area contributed by atoms with Gasteiger partial charge in [0.2, 0.25) is 5.28 Å². The molecule has 19 heavy (non-hydrogen) atoms. The van der Waals surface area contributed by atoms with Crippen molar-refractivity contribution >= 4 is 50.2 Å². The van der Waals surface area contributed by atoms with Crippen molar-refractivity contribution in [2.75, 3.05) is 0 Å². The molecular formula is C14H8BrClN2S. The molecule has 0 amide bonds. The molecule has 3 aromatic rings. The molecule has 0 saturated carbocycles. The van der Waals surface area contributed by atoms with Gasteiger partial charge in [0.15, 0.2) is 0 Å². The monoisotopic (exact) mass is 350 g/mol. The third kappa shape index (κ3) is 2.91. The molecule has 94 valence electrons. The predicted octanol–water partition coefficient (Wildman–Crippen LogP) is 5.20. The van der Waals surface area contributed by atoms with Crippen LogP contribution in [0.15, 0.2) is 62.9 Å². The second-order valence-corrected chi connectivity index (χ2v) is 6.19. The molecule has 0 radical (unpaired) electrons. The van der Waals surface area contributed by atoms with Crippen LogP contribution < -0.4 is 0 Å². The van der Waals surface area contributed by atoms with Crippen LogP contribution in [0.2, 0.25) is 5.28 Å². The van der Waals surface area contributed by atoms with E-state index >= 15 is 0 Å². The average Bonchev–Trinajstić information content (AvgIpc) is 2.41. The lowest BCUT2D eigenvalue weighted by Gasteiger charge is -2.05. The van der Waals surface area contributed by atoms with Gasteiger partial charge >= 0.3 is 0 Å². The Morgan fingerprint density at radius 3 is 2.47 bits per heavy atom. The lowest BCUT2D eigenvalue weighted by Crippen LogP contribution is -1.89. The molecule has 0 unspecified atom stereocenters. The fourth-order valence-electron chi connectivity index (χ4n) is 1.71. The zero-order valence-corrected chi connectivity index (χ0v) is 12.8. The Bertz CT molecular complexity index is 731. The molecule has 1 heterocycles. The molecule has 0 bridgehead atoms. The first-order valence-corrected chi connectivity index (χ1v) is 7.57. The highest BCUT2D eigenvalue weighted by molar-refractivity contribution is 9.10. The summed E-state index contributed by atoms with van der Waals surface area (Å²) in [5, 5.41) is 2.16. The Labute approximate surface area is 128 Å². The van der Waals surface area contributed by atoms with E-state index < -0.39 is 0 Å². The summed E-state index contributed by atoms with van der Waals surface area (Å²) in [5.74, 6) is 0. The first-order valence-electron chi connectivity index (χ1n) is 5.58. The van der Waals surface area contributed by atoms with Crippen LogP contribution in [0.3, 0.4) is 0 Å². The fraction of sp³-hybridized carbons (Fsp3) is 0. The van der Waals surface area contributed by atoms with Crippen molar-refractivity contribution in [1.82, 2.24) is 9.97 Å². The Hall–Kier alpha value is -1.10. The smallest absolute Gasteiger partial charge is 0.218 e. The topological polar surface area (TPSA) is 25.8 Å². The fourth-order valence-corrected chi connectivity index (χ4v) is 3.11. The minimum Gasteiger partial charge on any atom is -0.218 e. The summed E-state index contributed by atoms with van der Waals surface area (Å²) in [6.07, 6.45) is 0. The Morgan fingerprint density at radius 2 is 1.68 bits per heavy atom. The second kappa shape index (κ2) is 5.49. The van der Waals surface area contributed by atoms with E-state index in [1.807, 2.05) is 48.5 Å². The van der Waals surface area contributed by atoms with Gasteiger partial charge in [-0.15, -0.1) is 0 Å². The van der Waals surface area contributed by atoms with Gasteiger partial charge in [-0.05, 0) is 41.9 Å². The lowest BCUT2D eigenvalue weighted by atomic mass is 10.2. The highest BCUT2D eigenvalue weighted by atomic mass is 79.9. The van der Waals surface area contributed by atoms with Gasteiger partial charge in [0.05, 0.1) is 5.52 Å². The number of halogens is 2. The second-order valence-electron chi connectivity index (χ2n) is 3.87. The van der Waals surface area contributed by atoms with Crippen molar-refractivity contribution in [3.05, 3.63) is 58.3 Å². The molecule has 0 atom stereocenters. The maximum Gasteiger partial charge on any atom is 0.224 e. The predicted molar refractivity (Wildman–Crippen MR) is 82.8 cm³/mol. The molecule has 0 aliphatic rings. The number of rotatable bonds is 2. The lowest BCUT2D eigenvalue weighted by molar-refractivity contribution is 1.10. The van der Waals surface area contributed by atoms with Crippen LogP contribution in [0, 0.1) is 0 Å². The van der Waals surface area contributed by atoms with E-state index in [-0.39, 0.29) is 5.28 Å². The molecule has 0 N–H and O–H groups in total. The third-order valence-corrected chi connectivity index (χ3v) is 4.28. The number of aromatic nitrogens is 2. The summed E-state index contributed by atoms with van der Waals surface area (Å²) >= 11 is 11.0. The van der Waals surface area contributed by atoms with Gasteiger partial charge in [-0.2, -0.15) is 0 Å². The number of hydrogen-bond donors (Lipinski definition) is 0. The summed E-state index contributed by atoms with van der Waals surface area (Å²) in [5.41, 5.74) is 0.863. The highest BCUT2D eigenvalue weighted by Gasteiger charge is 2.07. The molecule has 0 aliphatic carbocycles. The van der Waals surface area contributed by atoms with Crippen LogP contribution in [0.4, 0.5) is 0 Å².